The van der Waals surface area contributed by atoms with Gasteiger partial charge in [0, 0.05) is 10.8 Å². The van der Waals surface area contributed by atoms with Crippen molar-refractivity contribution in [2.24, 2.45) is 5.41 Å². The first-order chi connectivity index (χ1) is 9.81. The van der Waals surface area contributed by atoms with Gasteiger partial charge in [-0.15, -0.1) is 10.2 Å². The van der Waals surface area contributed by atoms with Gasteiger partial charge in [-0.05, 0) is 38.5 Å². The average Bonchev–Trinajstić information content (AvgIpc) is 2.99. The molecule has 1 aromatic rings. The first kappa shape index (κ1) is 14.5. The predicted molar refractivity (Wildman–Crippen MR) is 76.8 cm³/mol. The van der Waals surface area contributed by atoms with E-state index < -0.39 is 0 Å². The van der Waals surface area contributed by atoms with Crippen LogP contribution in [0.25, 0.3) is 0 Å². The van der Waals surface area contributed by atoms with E-state index in [4.69, 9.17) is 9.15 Å². The molecule has 1 heterocycles. The number of hydrogen-bond donors (Lipinski definition) is 0. The predicted octanol–water partition coefficient (Wildman–Crippen LogP) is 3.13. The standard InChI is InChI=1S/C16H24N2O3/c1-14(2,3)11-17-18-12(21-11)15-5-8-16(9-6-15,10-7-15)13(19)20-4/h5-10H2,1-4H3. The third kappa shape index (κ3) is 2.17. The van der Waals surface area contributed by atoms with E-state index in [1.807, 2.05) is 0 Å². The van der Waals surface area contributed by atoms with Gasteiger partial charge in [-0.1, -0.05) is 20.8 Å². The van der Waals surface area contributed by atoms with Crippen molar-refractivity contribution in [3.63, 3.8) is 0 Å². The Labute approximate surface area is 125 Å². The molecule has 1 aromatic heterocycles. The molecule has 0 unspecified atom stereocenters. The number of rotatable bonds is 2. The molecule has 5 heteroatoms. The lowest BCUT2D eigenvalue weighted by atomic mass is 9.53. The van der Waals surface area contributed by atoms with Crippen LogP contribution in [0.3, 0.4) is 0 Å². The molecule has 3 aliphatic carbocycles. The number of hydrogen-bond acceptors (Lipinski definition) is 5. The number of nitrogens with zero attached hydrogens (tertiary/aromatic N) is 2. The summed E-state index contributed by atoms with van der Waals surface area (Å²) >= 11 is 0. The van der Waals surface area contributed by atoms with Gasteiger partial charge in [0.25, 0.3) is 0 Å². The second-order valence-electron chi connectivity index (χ2n) is 7.71. The van der Waals surface area contributed by atoms with Crippen LogP contribution in [0.4, 0.5) is 0 Å². The fraction of sp³-hybridized carbons (Fsp3) is 0.812. The van der Waals surface area contributed by atoms with Crippen LogP contribution < -0.4 is 0 Å². The molecular weight excluding hydrogens is 268 g/mol. The van der Waals surface area contributed by atoms with Crippen LogP contribution in [0.5, 0.6) is 0 Å². The number of carbonyl (C=O) groups is 1. The fourth-order valence-corrected chi connectivity index (χ4v) is 3.77. The Hall–Kier alpha value is -1.39. The molecule has 0 saturated heterocycles. The lowest BCUT2D eigenvalue weighted by molar-refractivity contribution is -0.160. The van der Waals surface area contributed by atoms with Gasteiger partial charge >= 0.3 is 5.97 Å². The van der Waals surface area contributed by atoms with Gasteiger partial charge < -0.3 is 9.15 Å². The number of fused-ring (bicyclic) bond motifs is 3. The van der Waals surface area contributed by atoms with E-state index in [0.29, 0.717) is 5.89 Å². The summed E-state index contributed by atoms with van der Waals surface area (Å²) in [5.41, 5.74) is -0.406. The van der Waals surface area contributed by atoms with Crippen molar-refractivity contribution >= 4 is 5.97 Å². The summed E-state index contributed by atoms with van der Waals surface area (Å²) in [6.45, 7) is 6.23. The highest BCUT2D eigenvalue weighted by Crippen LogP contribution is 2.57. The van der Waals surface area contributed by atoms with Gasteiger partial charge in [-0.25, -0.2) is 0 Å². The first-order valence-electron chi connectivity index (χ1n) is 7.74. The largest absolute Gasteiger partial charge is 0.469 e. The van der Waals surface area contributed by atoms with E-state index in [-0.39, 0.29) is 22.2 Å². The number of methoxy groups -OCH3 is 1. The van der Waals surface area contributed by atoms with Gasteiger partial charge in [0.2, 0.25) is 11.8 Å². The summed E-state index contributed by atoms with van der Waals surface area (Å²) in [6, 6.07) is 0. The quantitative estimate of drug-likeness (QED) is 0.783. The molecule has 5 nitrogen and oxygen atoms in total. The molecule has 0 atom stereocenters. The summed E-state index contributed by atoms with van der Waals surface area (Å²) in [6.07, 6.45) is 5.42. The minimum absolute atomic E-state index is 0.0216. The highest BCUT2D eigenvalue weighted by molar-refractivity contribution is 5.77. The van der Waals surface area contributed by atoms with Gasteiger partial charge in [-0.3, -0.25) is 4.79 Å². The monoisotopic (exact) mass is 292 g/mol. The molecule has 0 spiro atoms. The molecule has 3 saturated carbocycles. The SMILES string of the molecule is COC(=O)C12CCC(c3nnc(C(C)(C)C)o3)(CC1)CC2. The Bertz CT molecular complexity index is 532. The van der Waals surface area contributed by atoms with Crippen LogP contribution in [0, 0.1) is 5.41 Å². The molecule has 116 valence electrons. The van der Waals surface area contributed by atoms with Gasteiger partial charge in [0.15, 0.2) is 0 Å². The molecule has 21 heavy (non-hydrogen) atoms. The van der Waals surface area contributed by atoms with Crippen molar-refractivity contribution < 1.29 is 13.9 Å². The van der Waals surface area contributed by atoms with Crippen LogP contribution in [-0.4, -0.2) is 23.3 Å². The van der Waals surface area contributed by atoms with Crippen LogP contribution in [0.15, 0.2) is 4.42 Å². The Kier molecular flexibility index (Phi) is 3.15. The highest BCUT2D eigenvalue weighted by Gasteiger charge is 2.55. The van der Waals surface area contributed by atoms with Crippen molar-refractivity contribution in [3.05, 3.63) is 11.8 Å². The molecule has 0 radical (unpaired) electrons. The van der Waals surface area contributed by atoms with Crippen molar-refractivity contribution in [2.75, 3.05) is 7.11 Å². The van der Waals surface area contributed by atoms with E-state index in [0.717, 1.165) is 44.4 Å². The summed E-state index contributed by atoms with van der Waals surface area (Å²) in [7, 11) is 1.49. The van der Waals surface area contributed by atoms with E-state index in [1.54, 1.807) is 0 Å². The Morgan fingerprint density at radius 1 is 1.10 bits per heavy atom. The molecule has 0 amide bonds. The van der Waals surface area contributed by atoms with Crippen molar-refractivity contribution in [1.29, 1.82) is 0 Å². The van der Waals surface area contributed by atoms with Crippen molar-refractivity contribution in [1.82, 2.24) is 10.2 Å². The second-order valence-corrected chi connectivity index (χ2v) is 7.71. The number of ether oxygens (including phenoxy) is 1. The molecular formula is C16H24N2O3. The molecule has 0 aromatic carbocycles. The number of esters is 1. The average molecular weight is 292 g/mol. The van der Waals surface area contributed by atoms with Crippen LogP contribution in [0.2, 0.25) is 0 Å². The Morgan fingerprint density at radius 3 is 2.10 bits per heavy atom. The molecule has 2 bridgehead atoms. The summed E-state index contributed by atoms with van der Waals surface area (Å²) in [4.78, 5) is 12.0. The van der Waals surface area contributed by atoms with E-state index >= 15 is 0 Å². The zero-order valence-corrected chi connectivity index (χ0v) is 13.4. The van der Waals surface area contributed by atoms with Crippen molar-refractivity contribution in [3.8, 4) is 0 Å². The lowest BCUT2D eigenvalue weighted by Gasteiger charge is -2.49. The second kappa shape index (κ2) is 4.55. The van der Waals surface area contributed by atoms with Gasteiger partial charge in [0.05, 0.1) is 12.5 Å². The Morgan fingerprint density at radius 2 is 1.67 bits per heavy atom. The normalized spacial score (nSPS) is 32.2. The third-order valence-electron chi connectivity index (χ3n) is 5.39. The summed E-state index contributed by atoms with van der Waals surface area (Å²) in [5, 5.41) is 8.56. The molecule has 3 fully saturated rings. The number of carbonyl (C=O) groups excluding carboxylic acids is 1. The van der Waals surface area contributed by atoms with E-state index in [1.165, 1.54) is 7.11 Å². The highest BCUT2D eigenvalue weighted by atomic mass is 16.5. The zero-order valence-electron chi connectivity index (χ0n) is 13.4. The minimum atomic E-state index is -0.261. The molecule has 3 aliphatic rings. The third-order valence-corrected chi connectivity index (χ3v) is 5.39. The summed E-state index contributed by atoms with van der Waals surface area (Å²) < 4.78 is 11.0. The van der Waals surface area contributed by atoms with E-state index in [9.17, 15) is 4.79 Å². The topological polar surface area (TPSA) is 65.2 Å². The van der Waals surface area contributed by atoms with Gasteiger partial charge in [0.1, 0.15) is 0 Å². The molecule has 4 rings (SSSR count). The smallest absolute Gasteiger partial charge is 0.311 e. The van der Waals surface area contributed by atoms with Crippen LogP contribution in [-0.2, 0) is 20.4 Å². The fourth-order valence-electron chi connectivity index (χ4n) is 3.77. The summed E-state index contributed by atoms with van der Waals surface area (Å²) in [5.74, 6) is 1.42. The zero-order chi connectivity index (χ0) is 15.3. The maximum absolute atomic E-state index is 12.0. The van der Waals surface area contributed by atoms with Crippen molar-refractivity contribution in [2.45, 2.75) is 70.1 Å². The van der Waals surface area contributed by atoms with E-state index in [2.05, 4.69) is 31.0 Å². The molecule has 0 N–H and O–H groups in total. The first-order valence-corrected chi connectivity index (χ1v) is 7.74. The number of aromatic nitrogens is 2. The van der Waals surface area contributed by atoms with Gasteiger partial charge in [-0.2, -0.15) is 0 Å². The lowest BCUT2D eigenvalue weighted by Crippen LogP contribution is -2.48. The molecule has 0 aliphatic heterocycles. The maximum atomic E-state index is 12.0. The Balaban J connectivity index is 1.83. The van der Waals surface area contributed by atoms with Crippen LogP contribution in [0.1, 0.15) is 71.1 Å². The maximum Gasteiger partial charge on any atom is 0.311 e. The minimum Gasteiger partial charge on any atom is -0.469 e. The van der Waals surface area contributed by atoms with Crippen LogP contribution >= 0.6 is 0 Å².